The summed E-state index contributed by atoms with van der Waals surface area (Å²) in [4.78, 5) is 3.82. The van der Waals surface area contributed by atoms with Crippen molar-refractivity contribution in [2.45, 2.75) is 6.92 Å². The predicted octanol–water partition coefficient (Wildman–Crippen LogP) is 0.0320. The van der Waals surface area contributed by atoms with Gasteiger partial charge in [0.2, 0.25) is 0 Å². The van der Waals surface area contributed by atoms with E-state index in [0.29, 0.717) is 4.73 Å². The molecule has 0 aliphatic heterocycles. The highest BCUT2D eigenvalue weighted by Gasteiger charge is 2.05. The second-order valence-electron chi connectivity index (χ2n) is 1.88. The molecule has 0 saturated heterocycles. The van der Waals surface area contributed by atoms with Gasteiger partial charge in [0.05, 0.1) is 7.11 Å². The van der Waals surface area contributed by atoms with Crippen LogP contribution in [0.4, 0.5) is 0 Å². The number of ether oxygens (including phenoxy) is 1. The van der Waals surface area contributed by atoms with E-state index < -0.39 is 0 Å². The highest BCUT2D eigenvalue weighted by atomic mass is 16.5. The SMILES string of the molecule is COc1nc(C)cc[n+]1[O-]. The van der Waals surface area contributed by atoms with Crippen LogP contribution in [0.5, 0.6) is 6.01 Å². The summed E-state index contributed by atoms with van der Waals surface area (Å²) < 4.78 is 5.24. The molecule has 0 bridgehead atoms. The standard InChI is InChI=1S/C6H8N2O2/c1-5-3-4-8(9)6(7-5)10-2/h3-4H,1-2H3. The van der Waals surface area contributed by atoms with Crippen molar-refractivity contribution in [1.82, 2.24) is 4.98 Å². The van der Waals surface area contributed by atoms with E-state index >= 15 is 0 Å². The molecule has 0 atom stereocenters. The average Bonchev–Trinajstić information content (AvgIpc) is 1.94. The lowest BCUT2D eigenvalue weighted by atomic mass is 10.5. The van der Waals surface area contributed by atoms with E-state index in [9.17, 15) is 5.21 Å². The van der Waals surface area contributed by atoms with Gasteiger partial charge in [0.15, 0.2) is 5.69 Å². The van der Waals surface area contributed by atoms with Crippen LogP contribution in [0.2, 0.25) is 0 Å². The summed E-state index contributed by atoms with van der Waals surface area (Å²) in [6.45, 7) is 1.79. The van der Waals surface area contributed by atoms with Crippen molar-refractivity contribution in [3.63, 3.8) is 0 Å². The normalized spacial score (nSPS) is 9.40. The maximum absolute atomic E-state index is 10.7. The fourth-order valence-electron chi connectivity index (χ4n) is 0.612. The first-order valence-electron chi connectivity index (χ1n) is 2.85. The van der Waals surface area contributed by atoms with E-state index in [-0.39, 0.29) is 6.01 Å². The molecule has 10 heavy (non-hydrogen) atoms. The zero-order chi connectivity index (χ0) is 7.56. The van der Waals surface area contributed by atoms with Gasteiger partial charge in [-0.05, 0) is 4.98 Å². The monoisotopic (exact) mass is 140 g/mol. The van der Waals surface area contributed by atoms with E-state index in [0.717, 1.165) is 5.69 Å². The van der Waals surface area contributed by atoms with Crippen LogP contribution in [0.25, 0.3) is 0 Å². The lowest BCUT2D eigenvalue weighted by molar-refractivity contribution is -0.615. The van der Waals surface area contributed by atoms with Gasteiger partial charge in [-0.15, -0.1) is 0 Å². The van der Waals surface area contributed by atoms with Crippen LogP contribution in [-0.2, 0) is 0 Å². The zero-order valence-electron chi connectivity index (χ0n) is 5.87. The molecule has 1 aromatic rings. The van der Waals surface area contributed by atoms with Crippen molar-refractivity contribution < 1.29 is 9.47 Å². The molecule has 0 aromatic carbocycles. The summed E-state index contributed by atoms with van der Waals surface area (Å²) in [7, 11) is 1.41. The zero-order valence-corrected chi connectivity index (χ0v) is 5.87. The third-order valence-corrected chi connectivity index (χ3v) is 1.09. The first-order chi connectivity index (χ1) is 4.74. The maximum Gasteiger partial charge on any atom is 0.501 e. The van der Waals surface area contributed by atoms with Gasteiger partial charge in [0.1, 0.15) is 6.20 Å². The Kier molecular flexibility index (Phi) is 1.71. The van der Waals surface area contributed by atoms with E-state index in [1.54, 1.807) is 13.0 Å². The van der Waals surface area contributed by atoms with Crippen LogP contribution in [0.1, 0.15) is 5.69 Å². The van der Waals surface area contributed by atoms with Gasteiger partial charge >= 0.3 is 6.01 Å². The number of hydrogen-bond donors (Lipinski definition) is 0. The van der Waals surface area contributed by atoms with E-state index in [1.165, 1.54) is 13.3 Å². The highest BCUT2D eigenvalue weighted by molar-refractivity contribution is 4.97. The number of methoxy groups -OCH3 is 1. The van der Waals surface area contributed by atoms with Crippen molar-refractivity contribution in [3.8, 4) is 6.01 Å². The highest BCUT2D eigenvalue weighted by Crippen LogP contribution is 1.96. The number of rotatable bonds is 1. The van der Waals surface area contributed by atoms with Gasteiger partial charge in [-0.1, -0.05) is 0 Å². The van der Waals surface area contributed by atoms with Crippen molar-refractivity contribution in [2.24, 2.45) is 0 Å². The number of aromatic nitrogens is 2. The quantitative estimate of drug-likeness (QED) is 0.408. The minimum absolute atomic E-state index is 0.0833. The van der Waals surface area contributed by atoms with Crippen LogP contribution in [0.15, 0.2) is 12.3 Å². The molecule has 1 aromatic heterocycles. The molecule has 0 aliphatic rings. The fourth-order valence-corrected chi connectivity index (χ4v) is 0.612. The van der Waals surface area contributed by atoms with Crippen LogP contribution in [-0.4, -0.2) is 12.1 Å². The molecule has 4 nitrogen and oxygen atoms in total. The summed E-state index contributed by atoms with van der Waals surface area (Å²) in [5, 5.41) is 10.7. The third-order valence-electron chi connectivity index (χ3n) is 1.09. The van der Waals surface area contributed by atoms with E-state index in [2.05, 4.69) is 9.72 Å². The minimum atomic E-state index is 0.0833. The van der Waals surface area contributed by atoms with E-state index in [1.807, 2.05) is 0 Å². The fraction of sp³-hybridized carbons (Fsp3) is 0.333. The molecular formula is C6H8N2O2. The number of aryl methyl sites for hydroxylation is 1. The Bertz CT molecular complexity index is 237. The van der Waals surface area contributed by atoms with Crippen LogP contribution in [0.3, 0.4) is 0 Å². The summed E-state index contributed by atoms with van der Waals surface area (Å²) in [6.07, 6.45) is 1.36. The Hall–Kier alpha value is -1.32. The van der Waals surface area contributed by atoms with Gasteiger partial charge in [-0.25, -0.2) is 4.73 Å². The summed E-state index contributed by atoms with van der Waals surface area (Å²) in [6, 6.07) is 1.70. The van der Waals surface area contributed by atoms with Gasteiger partial charge in [-0.3, -0.25) is 0 Å². The summed E-state index contributed by atoms with van der Waals surface area (Å²) >= 11 is 0. The van der Waals surface area contributed by atoms with Crippen molar-refractivity contribution in [1.29, 1.82) is 0 Å². The van der Waals surface area contributed by atoms with Gasteiger partial charge < -0.3 is 9.94 Å². The molecule has 1 heterocycles. The molecule has 4 heteroatoms. The van der Waals surface area contributed by atoms with Gasteiger partial charge in [0.25, 0.3) is 0 Å². The van der Waals surface area contributed by atoms with E-state index in [4.69, 9.17) is 0 Å². The Balaban J connectivity index is 3.09. The average molecular weight is 140 g/mol. The van der Waals surface area contributed by atoms with Gasteiger partial charge in [0, 0.05) is 13.0 Å². The van der Waals surface area contributed by atoms with Crippen LogP contribution in [0, 0.1) is 12.1 Å². The number of nitrogens with zero attached hydrogens (tertiary/aromatic N) is 2. The molecule has 1 rings (SSSR count). The predicted molar refractivity (Wildman–Crippen MR) is 34.5 cm³/mol. The Labute approximate surface area is 58.7 Å². The second-order valence-corrected chi connectivity index (χ2v) is 1.88. The van der Waals surface area contributed by atoms with Crippen LogP contribution < -0.4 is 9.47 Å². The topological polar surface area (TPSA) is 49.1 Å². The molecular weight excluding hydrogens is 132 g/mol. The molecule has 0 amide bonds. The minimum Gasteiger partial charge on any atom is -0.708 e. The third kappa shape index (κ3) is 1.15. The molecule has 0 N–H and O–H groups in total. The summed E-state index contributed by atoms with van der Waals surface area (Å²) in [5.74, 6) is 0. The largest absolute Gasteiger partial charge is 0.708 e. The Morgan fingerprint density at radius 3 is 2.90 bits per heavy atom. The molecule has 0 unspecified atom stereocenters. The Morgan fingerprint density at radius 1 is 1.70 bits per heavy atom. The smallest absolute Gasteiger partial charge is 0.501 e. The molecule has 0 saturated carbocycles. The second kappa shape index (κ2) is 2.51. The lowest BCUT2D eigenvalue weighted by Gasteiger charge is -2.01. The van der Waals surface area contributed by atoms with Gasteiger partial charge in [-0.2, -0.15) is 0 Å². The maximum atomic E-state index is 10.7. The molecule has 0 radical (unpaired) electrons. The van der Waals surface area contributed by atoms with Crippen molar-refractivity contribution in [2.75, 3.05) is 7.11 Å². The number of hydrogen-bond acceptors (Lipinski definition) is 3. The Morgan fingerprint density at radius 2 is 2.40 bits per heavy atom. The molecule has 0 fully saturated rings. The van der Waals surface area contributed by atoms with Crippen molar-refractivity contribution >= 4 is 0 Å². The molecule has 0 aliphatic carbocycles. The molecule has 54 valence electrons. The van der Waals surface area contributed by atoms with Crippen LogP contribution >= 0.6 is 0 Å². The van der Waals surface area contributed by atoms with Crippen molar-refractivity contribution in [3.05, 3.63) is 23.2 Å². The summed E-state index contributed by atoms with van der Waals surface area (Å²) in [5.41, 5.74) is 0.768. The lowest BCUT2D eigenvalue weighted by Crippen LogP contribution is -2.29. The first kappa shape index (κ1) is 6.80. The first-order valence-corrected chi connectivity index (χ1v) is 2.85. The molecule has 0 spiro atoms.